The molecule has 2 amide bonds. The summed E-state index contributed by atoms with van der Waals surface area (Å²) in [7, 11) is 0. The molecular formula is C19H22N4O2S. The molecule has 7 heteroatoms. The molecule has 0 spiro atoms. The molecule has 2 fully saturated rings. The Balaban J connectivity index is 1.51. The number of rotatable bonds is 4. The summed E-state index contributed by atoms with van der Waals surface area (Å²) in [5, 5.41) is 5.27. The van der Waals surface area contributed by atoms with Crippen LogP contribution in [0.1, 0.15) is 29.8 Å². The van der Waals surface area contributed by atoms with Gasteiger partial charge in [-0.2, -0.15) is 0 Å². The lowest BCUT2D eigenvalue weighted by molar-refractivity contribution is -0.141. The van der Waals surface area contributed by atoms with Gasteiger partial charge in [0, 0.05) is 37.2 Å². The summed E-state index contributed by atoms with van der Waals surface area (Å²) in [5.41, 5.74) is 2.47. The van der Waals surface area contributed by atoms with Crippen LogP contribution in [0.15, 0.2) is 41.2 Å². The summed E-state index contributed by atoms with van der Waals surface area (Å²) < 4.78 is 0. The van der Waals surface area contributed by atoms with Crippen molar-refractivity contribution in [2.45, 2.75) is 24.8 Å². The summed E-state index contributed by atoms with van der Waals surface area (Å²) in [5.74, 6) is 0.115. The second-order valence-corrected chi connectivity index (χ2v) is 7.60. The summed E-state index contributed by atoms with van der Waals surface area (Å²) in [6, 6.07) is 9.86. The zero-order valence-electron chi connectivity index (χ0n) is 14.6. The quantitative estimate of drug-likeness (QED) is 0.898. The number of likely N-dealkylation sites (tertiary alicyclic amines) is 2. The van der Waals surface area contributed by atoms with Gasteiger partial charge in [-0.3, -0.25) is 9.59 Å². The van der Waals surface area contributed by atoms with Gasteiger partial charge in [0.2, 0.25) is 5.91 Å². The fourth-order valence-corrected chi connectivity index (χ4v) is 4.11. The molecule has 0 unspecified atom stereocenters. The van der Waals surface area contributed by atoms with E-state index in [-0.39, 0.29) is 11.8 Å². The van der Waals surface area contributed by atoms with Gasteiger partial charge in [-0.15, -0.1) is 11.3 Å². The summed E-state index contributed by atoms with van der Waals surface area (Å²) in [6.07, 6.45) is 2.28. The fourth-order valence-electron chi connectivity index (χ4n) is 3.58. The minimum atomic E-state index is -0.638. The molecule has 6 nitrogen and oxygen atoms in total. The van der Waals surface area contributed by atoms with E-state index in [1.807, 2.05) is 40.1 Å². The average molecular weight is 370 g/mol. The van der Waals surface area contributed by atoms with Crippen molar-refractivity contribution < 1.29 is 9.59 Å². The van der Waals surface area contributed by atoms with Crippen molar-refractivity contribution >= 4 is 28.8 Å². The number of amides is 2. The van der Waals surface area contributed by atoms with Gasteiger partial charge >= 0.3 is 0 Å². The molecule has 1 aromatic carbocycles. The van der Waals surface area contributed by atoms with Crippen molar-refractivity contribution in [3.63, 3.8) is 0 Å². The number of anilines is 1. The Morgan fingerprint density at radius 2 is 1.77 bits per heavy atom. The van der Waals surface area contributed by atoms with Crippen LogP contribution in [0.3, 0.4) is 0 Å². The Bertz CT molecular complexity index is 766. The first kappa shape index (κ1) is 17.0. The molecule has 26 heavy (non-hydrogen) atoms. The average Bonchev–Trinajstić information content (AvgIpc) is 3.16. The lowest BCUT2D eigenvalue weighted by Gasteiger charge is -2.46. The molecule has 3 heterocycles. The number of carbonyl (C=O) groups excluding carboxylic acids is 2. The van der Waals surface area contributed by atoms with Gasteiger partial charge in [0.15, 0.2) is 0 Å². The molecule has 0 saturated carbocycles. The highest BCUT2D eigenvalue weighted by Crippen LogP contribution is 2.31. The molecule has 136 valence electrons. The lowest BCUT2D eigenvalue weighted by atomic mass is 9.84. The molecule has 2 aromatic rings. The van der Waals surface area contributed by atoms with E-state index in [1.54, 1.807) is 10.9 Å². The maximum atomic E-state index is 13.2. The largest absolute Gasteiger partial charge is 0.371 e. The molecule has 2 aliphatic heterocycles. The third-order valence-corrected chi connectivity index (χ3v) is 5.85. The highest BCUT2D eigenvalue weighted by atomic mass is 32.1. The van der Waals surface area contributed by atoms with Crippen LogP contribution in [-0.2, 0) is 4.79 Å². The van der Waals surface area contributed by atoms with Crippen LogP contribution in [0.4, 0.5) is 5.69 Å². The minimum absolute atomic E-state index is 0.0454. The molecular weight excluding hydrogens is 348 g/mol. The van der Waals surface area contributed by atoms with E-state index in [9.17, 15) is 9.59 Å². The van der Waals surface area contributed by atoms with Gasteiger partial charge in [0.1, 0.15) is 11.2 Å². The van der Waals surface area contributed by atoms with Crippen molar-refractivity contribution in [1.82, 2.24) is 14.8 Å². The van der Waals surface area contributed by atoms with Crippen LogP contribution in [0.25, 0.3) is 0 Å². The first-order valence-electron chi connectivity index (χ1n) is 8.98. The zero-order chi connectivity index (χ0) is 18.0. The van der Waals surface area contributed by atoms with Gasteiger partial charge < -0.3 is 15.1 Å². The van der Waals surface area contributed by atoms with Crippen molar-refractivity contribution in [3.05, 3.63) is 46.9 Å². The number of piperidine rings is 1. The number of hydrogen-bond acceptors (Lipinski definition) is 5. The Morgan fingerprint density at radius 3 is 2.35 bits per heavy atom. The maximum Gasteiger partial charge on any atom is 0.273 e. The van der Waals surface area contributed by atoms with E-state index in [1.165, 1.54) is 11.3 Å². The Hall–Kier alpha value is -2.41. The van der Waals surface area contributed by atoms with Crippen LogP contribution in [-0.4, -0.2) is 58.3 Å². The fraction of sp³-hybridized carbons (Fsp3) is 0.421. The SMILES string of the molecule is O=C(c1cscn1)N1CCC(Nc2ccccc2)(C(=O)N2CCC2)CC1. The van der Waals surface area contributed by atoms with E-state index in [0.29, 0.717) is 31.6 Å². The van der Waals surface area contributed by atoms with Crippen molar-refractivity contribution in [3.8, 4) is 0 Å². The van der Waals surface area contributed by atoms with Crippen molar-refractivity contribution in [2.75, 3.05) is 31.5 Å². The number of hydrogen-bond donors (Lipinski definition) is 1. The van der Waals surface area contributed by atoms with E-state index < -0.39 is 5.54 Å². The van der Waals surface area contributed by atoms with Crippen LogP contribution < -0.4 is 5.32 Å². The maximum absolute atomic E-state index is 13.2. The van der Waals surface area contributed by atoms with Gasteiger partial charge in [0.05, 0.1) is 5.51 Å². The molecule has 4 rings (SSSR count). The summed E-state index contributed by atoms with van der Waals surface area (Å²) in [4.78, 5) is 33.6. The second kappa shape index (κ2) is 7.07. The highest BCUT2D eigenvalue weighted by Gasteiger charge is 2.45. The van der Waals surface area contributed by atoms with E-state index in [0.717, 1.165) is 25.2 Å². The summed E-state index contributed by atoms with van der Waals surface area (Å²) in [6.45, 7) is 2.77. The standard InChI is InChI=1S/C19H22N4O2S/c24-17(16-13-26-14-20-16)22-11-7-19(8-12-22,18(25)23-9-4-10-23)21-15-5-2-1-3-6-15/h1-3,5-6,13-14,21H,4,7-12H2. The smallest absolute Gasteiger partial charge is 0.273 e. The van der Waals surface area contributed by atoms with Crippen LogP contribution in [0.2, 0.25) is 0 Å². The summed E-state index contributed by atoms with van der Waals surface area (Å²) >= 11 is 1.42. The van der Waals surface area contributed by atoms with Gasteiger partial charge in [0.25, 0.3) is 5.91 Å². The number of thiazole rings is 1. The number of nitrogens with zero attached hydrogens (tertiary/aromatic N) is 3. The number of para-hydroxylation sites is 1. The molecule has 0 radical (unpaired) electrons. The van der Waals surface area contributed by atoms with Crippen LogP contribution in [0, 0.1) is 0 Å². The molecule has 1 aromatic heterocycles. The number of aromatic nitrogens is 1. The van der Waals surface area contributed by atoms with Crippen molar-refractivity contribution in [1.29, 1.82) is 0 Å². The lowest BCUT2D eigenvalue weighted by Crippen LogP contribution is -2.62. The van der Waals surface area contributed by atoms with E-state index >= 15 is 0 Å². The molecule has 0 bridgehead atoms. The van der Waals surface area contributed by atoms with E-state index in [4.69, 9.17) is 0 Å². The molecule has 2 aliphatic rings. The zero-order valence-corrected chi connectivity index (χ0v) is 15.4. The minimum Gasteiger partial charge on any atom is -0.371 e. The first-order chi connectivity index (χ1) is 12.7. The third kappa shape index (κ3) is 3.19. The molecule has 1 N–H and O–H groups in total. The van der Waals surface area contributed by atoms with Gasteiger partial charge in [-0.25, -0.2) is 4.98 Å². The Labute approximate surface area is 156 Å². The highest BCUT2D eigenvalue weighted by molar-refractivity contribution is 7.07. The first-order valence-corrected chi connectivity index (χ1v) is 9.92. The Morgan fingerprint density at radius 1 is 1.04 bits per heavy atom. The Kier molecular flexibility index (Phi) is 4.63. The predicted molar refractivity (Wildman–Crippen MR) is 101 cm³/mol. The van der Waals surface area contributed by atoms with Crippen LogP contribution >= 0.6 is 11.3 Å². The monoisotopic (exact) mass is 370 g/mol. The number of carbonyl (C=O) groups is 2. The van der Waals surface area contributed by atoms with Gasteiger partial charge in [-0.05, 0) is 31.4 Å². The van der Waals surface area contributed by atoms with Gasteiger partial charge in [-0.1, -0.05) is 18.2 Å². The third-order valence-electron chi connectivity index (χ3n) is 5.27. The van der Waals surface area contributed by atoms with Crippen LogP contribution in [0.5, 0.6) is 0 Å². The molecule has 0 aliphatic carbocycles. The number of nitrogens with one attached hydrogen (secondary N) is 1. The molecule has 0 atom stereocenters. The molecule has 2 saturated heterocycles. The predicted octanol–water partition coefficient (Wildman–Crippen LogP) is 2.46. The normalized spacial score (nSPS) is 18.9. The van der Waals surface area contributed by atoms with E-state index in [2.05, 4.69) is 10.3 Å². The topological polar surface area (TPSA) is 65.5 Å². The second-order valence-electron chi connectivity index (χ2n) is 6.88. The number of benzene rings is 1. The van der Waals surface area contributed by atoms with Crippen molar-refractivity contribution in [2.24, 2.45) is 0 Å².